The van der Waals surface area contributed by atoms with E-state index < -0.39 is 5.91 Å². The van der Waals surface area contributed by atoms with Crippen molar-refractivity contribution in [2.45, 2.75) is 0 Å². The molecule has 0 saturated heterocycles. The maximum absolute atomic E-state index is 11.3. The Hall–Kier alpha value is -1.56. The van der Waals surface area contributed by atoms with Crippen LogP contribution in [0.3, 0.4) is 0 Å². The lowest BCUT2D eigenvalue weighted by atomic mass is 10.4. The second kappa shape index (κ2) is 3.90. The Balaban J connectivity index is 2.77. The number of hydrogen-bond acceptors (Lipinski definition) is 5. The van der Waals surface area contributed by atoms with E-state index >= 15 is 0 Å². The van der Waals surface area contributed by atoms with Gasteiger partial charge in [-0.05, 0) is 5.16 Å². The zero-order valence-electron chi connectivity index (χ0n) is 7.35. The van der Waals surface area contributed by atoms with Crippen LogP contribution >= 0.6 is 0 Å². The van der Waals surface area contributed by atoms with E-state index in [1.807, 2.05) is 0 Å². The molecule has 13 heavy (non-hydrogen) atoms. The largest absolute Gasteiger partial charge is 0.479 e. The maximum atomic E-state index is 11.3. The first-order chi connectivity index (χ1) is 6.19. The van der Waals surface area contributed by atoms with Crippen molar-refractivity contribution >= 4 is 5.91 Å². The Bertz CT molecular complexity index is 296. The average molecular weight is 186 g/mol. The summed E-state index contributed by atoms with van der Waals surface area (Å²) < 4.78 is 9.38. The molecule has 0 bridgehead atoms. The molecule has 0 radical (unpaired) electrons. The summed E-state index contributed by atoms with van der Waals surface area (Å²) in [5.74, 6) is -0.179. The fourth-order valence-electron chi connectivity index (χ4n) is 0.708. The van der Waals surface area contributed by atoms with Gasteiger partial charge in [-0.3, -0.25) is 4.79 Å². The van der Waals surface area contributed by atoms with Crippen LogP contribution in [-0.4, -0.2) is 42.0 Å². The molecule has 1 rings (SSSR count). The second-order valence-corrected chi connectivity index (χ2v) is 2.38. The van der Waals surface area contributed by atoms with Crippen LogP contribution in [0.4, 0.5) is 0 Å². The molecule has 0 aliphatic rings. The van der Waals surface area contributed by atoms with E-state index in [1.165, 1.54) is 20.2 Å². The van der Waals surface area contributed by atoms with Gasteiger partial charge < -0.3 is 19.3 Å². The molecule has 0 aliphatic heterocycles. The molecule has 6 heteroatoms. The smallest absolute Gasteiger partial charge is 0.294 e. The predicted molar refractivity (Wildman–Crippen MR) is 42.2 cm³/mol. The van der Waals surface area contributed by atoms with Crippen LogP contribution in [0.5, 0.6) is 5.88 Å². The third kappa shape index (κ3) is 1.97. The minimum atomic E-state index is -0.446. The normalized spacial score (nSPS) is 9.77. The number of nitrogens with zero attached hydrogens (tertiary/aromatic N) is 2. The van der Waals surface area contributed by atoms with Crippen LogP contribution in [0, 0.1) is 0 Å². The summed E-state index contributed by atoms with van der Waals surface area (Å²) in [6.07, 6.45) is 0. The number of ether oxygens (including phenoxy) is 1. The molecule has 0 unspecified atom stereocenters. The second-order valence-electron chi connectivity index (χ2n) is 2.38. The SMILES string of the molecule is COc1cc(C(=O)N(C)CO)on1. The first-order valence-electron chi connectivity index (χ1n) is 3.56. The van der Waals surface area contributed by atoms with Gasteiger partial charge in [-0.2, -0.15) is 0 Å². The van der Waals surface area contributed by atoms with Crippen molar-refractivity contribution in [3.63, 3.8) is 0 Å². The van der Waals surface area contributed by atoms with Gasteiger partial charge in [0, 0.05) is 7.05 Å². The standard InChI is InChI=1S/C7H10N2O4/c1-9(4-10)7(11)5-3-6(12-2)8-13-5/h3,10H,4H2,1-2H3. The minimum Gasteiger partial charge on any atom is -0.479 e. The first kappa shape index (κ1) is 9.53. The van der Waals surface area contributed by atoms with Crippen molar-refractivity contribution in [1.29, 1.82) is 0 Å². The van der Waals surface area contributed by atoms with E-state index in [0.29, 0.717) is 0 Å². The fraction of sp³-hybridized carbons (Fsp3) is 0.429. The highest BCUT2D eigenvalue weighted by molar-refractivity contribution is 5.91. The molecular formula is C7H10N2O4. The number of hydrogen-bond donors (Lipinski definition) is 1. The lowest BCUT2D eigenvalue weighted by Gasteiger charge is -2.09. The van der Waals surface area contributed by atoms with E-state index in [-0.39, 0.29) is 18.4 Å². The quantitative estimate of drug-likeness (QED) is 0.656. The molecule has 6 nitrogen and oxygen atoms in total. The lowest BCUT2D eigenvalue weighted by molar-refractivity contribution is 0.0589. The monoisotopic (exact) mass is 186 g/mol. The summed E-state index contributed by atoms with van der Waals surface area (Å²) in [4.78, 5) is 12.4. The van der Waals surface area contributed by atoms with Crippen molar-refractivity contribution < 1.29 is 19.2 Å². The van der Waals surface area contributed by atoms with Crippen LogP contribution in [0.1, 0.15) is 10.6 Å². The topological polar surface area (TPSA) is 75.8 Å². The third-order valence-corrected chi connectivity index (χ3v) is 1.47. The van der Waals surface area contributed by atoms with Crippen LogP contribution in [0.25, 0.3) is 0 Å². The highest BCUT2D eigenvalue weighted by atomic mass is 16.5. The molecular weight excluding hydrogens is 176 g/mol. The van der Waals surface area contributed by atoms with Gasteiger partial charge in [0.25, 0.3) is 11.8 Å². The van der Waals surface area contributed by atoms with Gasteiger partial charge in [0.2, 0.25) is 5.76 Å². The number of aliphatic hydroxyl groups excluding tert-OH is 1. The Labute approximate surface area is 74.7 Å². The highest BCUT2D eigenvalue weighted by Gasteiger charge is 2.16. The van der Waals surface area contributed by atoms with E-state index in [4.69, 9.17) is 9.84 Å². The Morgan fingerprint density at radius 1 is 1.85 bits per heavy atom. The van der Waals surface area contributed by atoms with E-state index in [0.717, 1.165) is 4.90 Å². The van der Waals surface area contributed by atoms with Gasteiger partial charge in [0.1, 0.15) is 6.73 Å². The molecule has 1 amide bonds. The number of methoxy groups -OCH3 is 1. The van der Waals surface area contributed by atoms with Crippen LogP contribution in [-0.2, 0) is 0 Å². The number of aromatic nitrogens is 1. The minimum absolute atomic E-state index is 0.0356. The third-order valence-electron chi connectivity index (χ3n) is 1.47. The van der Waals surface area contributed by atoms with Crippen LogP contribution < -0.4 is 4.74 Å². The molecule has 0 saturated carbocycles. The Kier molecular flexibility index (Phi) is 2.86. The molecule has 0 fully saturated rings. The Morgan fingerprint density at radius 2 is 2.54 bits per heavy atom. The molecule has 0 aromatic carbocycles. The number of aliphatic hydroxyl groups is 1. The van der Waals surface area contributed by atoms with Crippen LogP contribution in [0.2, 0.25) is 0 Å². The molecule has 1 heterocycles. The maximum Gasteiger partial charge on any atom is 0.294 e. The summed E-state index contributed by atoms with van der Waals surface area (Å²) in [5.41, 5.74) is 0. The van der Waals surface area contributed by atoms with Gasteiger partial charge in [0.05, 0.1) is 13.2 Å². The number of carbonyl (C=O) groups excluding carboxylic acids is 1. The van der Waals surface area contributed by atoms with Crippen molar-refractivity contribution in [2.75, 3.05) is 20.9 Å². The van der Waals surface area contributed by atoms with Crippen molar-refractivity contribution in [3.8, 4) is 5.88 Å². The average Bonchev–Trinajstić information content (AvgIpc) is 2.63. The number of carbonyl (C=O) groups is 1. The number of amides is 1. The summed E-state index contributed by atoms with van der Waals surface area (Å²) >= 11 is 0. The van der Waals surface area contributed by atoms with Gasteiger partial charge in [0.15, 0.2) is 0 Å². The highest BCUT2D eigenvalue weighted by Crippen LogP contribution is 2.11. The molecule has 1 N–H and O–H groups in total. The predicted octanol–water partition coefficient (Wildman–Crippen LogP) is -0.295. The van der Waals surface area contributed by atoms with Crippen molar-refractivity contribution in [3.05, 3.63) is 11.8 Å². The van der Waals surface area contributed by atoms with Gasteiger partial charge in [-0.15, -0.1) is 0 Å². The van der Waals surface area contributed by atoms with Crippen molar-refractivity contribution in [2.24, 2.45) is 0 Å². The van der Waals surface area contributed by atoms with Crippen molar-refractivity contribution in [1.82, 2.24) is 10.1 Å². The van der Waals surface area contributed by atoms with Gasteiger partial charge in [-0.25, -0.2) is 0 Å². The molecule has 0 atom stereocenters. The van der Waals surface area contributed by atoms with Gasteiger partial charge in [-0.1, -0.05) is 0 Å². The summed E-state index contributed by atoms with van der Waals surface area (Å²) in [6, 6.07) is 1.36. The first-order valence-corrected chi connectivity index (χ1v) is 3.56. The molecule has 72 valence electrons. The summed E-state index contributed by atoms with van der Waals surface area (Å²) in [7, 11) is 2.86. The van der Waals surface area contributed by atoms with Crippen LogP contribution in [0.15, 0.2) is 10.6 Å². The fourth-order valence-corrected chi connectivity index (χ4v) is 0.708. The van der Waals surface area contributed by atoms with Gasteiger partial charge >= 0.3 is 0 Å². The molecule has 0 spiro atoms. The van der Waals surface area contributed by atoms with E-state index in [1.54, 1.807) is 0 Å². The molecule has 1 aromatic rings. The lowest BCUT2D eigenvalue weighted by Crippen LogP contribution is -2.26. The summed E-state index contributed by atoms with van der Waals surface area (Å²) in [6.45, 7) is -0.373. The number of rotatable bonds is 3. The van der Waals surface area contributed by atoms with E-state index in [2.05, 4.69) is 9.68 Å². The molecule has 0 aliphatic carbocycles. The zero-order chi connectivity index (χ0) is 9.84. The summed E-state index contributed by atoms with van der Waals surface area (Å²) in [5, 5.41) is 12.1. The zero-order valence-corrected chi connectivity index (χ0v) is 7.35. The Morgan fingerprint density at radius 3 is 3.00 bits per heavy atom. The van der Waals surface area contributed by atoms with E-state index in [9.17, 15) is 4.79 Å². The molecule has 1 aromatic heterocycles.